The number of anilines is 1. The SMILES string of the molecule is Cc1cccc(NC2(CO)CCN3CCCC32)c1. The topological polar surface area (TPSA) is 35.5 Å². The molecule has 98 valence electrons. The average molecular weight is 246 g/mol. The molecule has 18 heavy (non-hydrogen) atoms. The Labute approximate surface area is 109 Å². The molecule has 3 rings (SSSR count). The Kier molecular flexibility index (Phi) is 3.04. The van der Waals surface area contributed by atoms with E-state index < -0.39 is 0 Å². The minimum absolute atomic E-state index is 0.135. The predicted molar refractivity (Wildman–Crippen MR) is 73.8 cm³/mol. The fourth-order valence-corrected chi connectivity index (χ4v) is 3.61. The van der Waals surface area contributed by atoms with Crippen LogP contribution in [0.4, 0.5) is 5.69 Å². The lowest BCUT2D eigenvalue weighted by Crippen LogP contribution is -2.50. The fourth-order valence-electron chi connectivity index (χ4n) is 3.61. The molecule has 2 unspecified atom stereocenters. The number of rotatable bonds is 3. The highest BCUT2D eigenvalue weighted by molar-refractivity contribution is 5.49. The van der Waals surface area contributed by atoms with Gasteiger partial charge in [-0.3, -0.25) is 4.90 Å². The normalized spacial score (nSPS) is 31.6. The molecule has 3 nitrogen and oxygen atoms in total. The number of nitrogens with one attached hydrogen (secondary N) is 1. The van der Waals surface area contributed by atoms with Crippen LogP contribution in [-0.2, 0) is 0 Å². The first-order valence-corrected chi connectivity index (χ1v) is 6.93. The average Bonchev–Trinajstić information content (AvgIpc) is 2.93. The van der Waals surface area contributed by atoms with Crippen molar-refractivity contribution in [2.75, 3.05) is 25.0 Å². The Balaban J connectivity index is 1.84. The number of nitrogens with zero attached hydrogens (tertiary/aromatic N) is 1. The number of fused-ring (bicyclic) bond motifs is 1. The van der Waals surface area contributed by atoms with Crippen LogP contribution >= 0.6 is 0 Å². The number of aryl methyl sites for hydroxylation is 1. The summed E-state index contributed by atoms with van der Waals surface area (Å²) in [5.74, 6) is 0. The maximum Gasteiger partial charge on any atom is 0.0770 e. The largest absolute Gasteiger partial charge is 0.394 e. The summed E-state index contributed by atoms with van der Waals surface area (Å²) in [4.78, 5) is 2.53. The van der Waals surface area contributed by atoms with Crippen molar-refractivity contribution < 1.29 is 5.11 Å². The number of aliphatic hydroxyl groups excluding tert-OH is 1. The fraction of sp³-hybridized carbons (Fsp3) is 0.600. The van der Waals surface area contributed by atoms with Crippen LogP contribution in [0.25, 0.3) is 0 Å². The van der Waals surface area contributed by atoms with Crippen LogP contribution in [0.15, 0.2) is 24.3 Å². The highest BCUT2D eigenvalue weighted by Crippen LogP contribution is 2.38. The zero-order valence-corrected chi connectivity index (χ0v) is 11.0. The molecule has 1 aromatic carbocycles. The van der Waals surface area contributed by atoms with Gasteiger partial charge in [0.05, 0.1) is 12.1 Å². The maximum atomic E-state index is 9.91. The number of benzene rings is 1. The van der Waals surface area contributed by atoms with Gasteiger partial charge in [0.25, 0.3) is 0 Å². The van der Waals surface area contributed by atoms with E-state index in [4.69, 9.17) is 0 Å². The highest BCUT2D eigenvalue weighted by atomic mass is 16.3. The van der Waals surface area contributed by atoms with Gasteiger partial charge in [-0.05, 0) is 50.4 Å². The molecular formula is C15H22N2O. The third kappa shape index (κ3) is 1.91. The van der Waals surface area contributed by atoms with Gasteiger partial charge in [0, 0.05) is 18.3 Å². The van der Waals surface area contributed by atoms with Crippen LogP contribution in [0.1, 0.15) is 24.8 Å². The van der Waals surface area contributed by atoms with Crippen molar-refractivity contribution >= 4 is 5.69 Å². The molecule has 2 N–H and O–H groups in total. The summed E-state index contributed by atoms with van der Waals surface area (Å²) in [6, 6.07) is 8.94. The van der Waals surface area contributed by atoms with E-state index in [2.05, 4.69) is 41.4 Å². The zero-order valence-electron chi connectivity index (χ0n) is 11.0. The van der Waals surface area contributed by atoms with E-state index in [1.807, 2.05) is 0 Å². The van der Waals surface area contributed by atoms with E-state index in [0.29, 0.717) is 6.04 Å². The van der Waals surface area contributed by atoms with Crippen molar-refractivity contribution in [3.05, 3.63) is 29.8 Å². The van der Waals surface area contributed by atoms with Gasteiger partial charge in [-0.2, -0.15) is 0 Å². The Morgan fingerprint density at radius 3 is 3.11 bits per heavy atom. The standard InChI is InChI=1S/C15H22N2O/c1-12-4-2-5-13(10-12)16-15(11-18)7-9-17-8-3-6-14(15)17/h2,4-5,10,14,16,18H,3,6-9,11H2,1H3. The Morgan fingerprint density at radius 2 is 2.33 bits per heavy atom. The first-order chi connectivity index (χ1) is 8.73. The van der Waals surface area contributed by atoms with Gasteiger partial charge >= 0.3 is 0 Å². The molecule has 0 aromatic heterocycles. The third-order valence-electron chi connectivity index (χ3n) is 4.54. The Hall–Kier alpha value is -1.06. The lowest BCUT2D eigenvalue weighted by molar-refractivity contribution is 0.175. The lowest BCUT2D eigenvalue weighted by atomic mass is 9.89. The monoisotopic (exact) mass is 246 g/mol. The summed E-state index contributed by atoms with van der Waals surface area (Å²) < 4.78 is 0. The summed E-state index contributed by atoms with van der Waals surface area (Å²) in [5, 5.41) is 13.5. The van der Waals surface area contributed by atoms with Crippen LogP contribution < -0.4 is 5.32 Å². The van der Waals surface area contributed by atoms with E-state index in [9.17, 15) is 5.11 Å². The molecule has 0 amide bonds. The van der Waals surface area contributed by atoms with Crippen LogP contribution in [-0.4, -0.2) is 41.3 Å². The molecule has 2 fully saturated rings. The van der Waals surface area contributed by atoms with Crippen molar-refractivity contribution in [2.24, 2.45) is 0 Å². The summed E-state index contributed by atoms with van der Waals surface area (Å²) in [6.45, 7) is 4.64. The molecular weight excluding hydrogens is 224 g/mol. The molecule has 0 saturated carbocycles. The quantitative estimate of drug-likeness (QED) is 0.856. The van der Waals surface area contributed by atoms with E-state index in [1.165, 1.54) is 24.9 Å². The Morgan fingerprint density at radius 1 is 1.44 bits per heavy atom. The number of hydrogen-bond acceptors (Lipinski definition) is 3. The minimum atomic E-state index is -0.135. The molecule has 2 heterocycles. The van der Waals surface area contributed by atoms with Gasteiger partial charge in [-0.15, -0.1) is 0 Å². The van der Waals surface area contributed by atoms with Gasteiger partial charge in [0.2, 0.25) is 0 Å². The zero-order chi connectivity index (χ0) is 12.6. The molecule has 0 bridgehead atoms. The molecule has 0 radical (unpaired) electrons. The van der Waals surface area contributed by atoms with Gasteiger partial charge in [0.1, 0.15) is 0 Å². The van der Waals surface area contributed by atoms with Crippen molar-refractivity contribution in [1.29, 1.82) is 0 Å². The van der Waals surface area contributed by atoms with Crippen molar-refractivity contribution in [3.63, 3.8) is 0 Å². The molecule has 2 atom stereocenters. The third-order valence-corrected chi connectivity index (χ3v) is 4.54. The molecule has 3 heteroatoms. The lowest BCUT2D eigenvalue weighted by Gasteiger charge is -2.35. The number of aliphatic hydroxyl groups is 1. The van der Waals surface area contributed by atoms with Crippen molar-refractivity contribution in [1.82, 2.24) is 4.90 Å². The smallest absolute Gasteiger partial charge is 0.0770 e. The second-order valence-corrected chi connectivity index (χ2v) is 5.75. The number of hydrogen-bond donors (Lipinski definition) is 2. The van der Waals surface area contributed by atoms with Gasteiger partial charge in [-0.25, -0.2) is 0 Å². The summed E-state index contributed by atoms with van der Waals surface area (Å²) >= 11 is 0. The second kappa shape index (κ2) is 4.56. The van der Waals surface area contributed by atoms with Crippen LogP contribution in [0.3, 0.4) is 0 Å². The van der Waals surface area contributed by atoms with Crippen LogP contribution in [0.2, 0.25) is 0 Å². The highest BCUT2D eigenvalue weighted by Gasteiger charge is 2.48. The van der Waals surface area contributed by atoms with E-state index in [-0.39, 0.29) is 12.1 Å². The summed E-state index contributed by atoms with van der Waals surface area (Å²) in [5.41, 5.74) is 2.26. The summed E-state index contributed by atoms with van der Waals surface area (Å²) in [6.07, 6.45) is 3.52. The van der Waals surface area contributed by atoms with E-state index >= 15 is 0 Å². The Bertz CT molecular complexity index is 434. The molecule has 0 spiro atoms. The van der Waals surface area contributed by atoms with E-state index in [1.54, 1.807) is 0 Å². The van der Waals surface area contributed by atoms with Gasteiger partial charge < -0.3 is 10.4 Å². The molecule has 2 saturated heterocycles. The predicted octanol–water partition coefficient (Wildman–Crippen LogP) is 2.01. The van der Waals surface area contributed by atoms with Crippen molar-refractivity contribution in [3.8, 4) is 0 Å². The second-order valence-electron chi connectivity index (χ2n) is 5.75. The van der Waals surface area contributed by atoms with Crippen LogP contribution in [0, 0.1) is 6.92 Å². The van der Waals surface area contributed by atoms with Gasteiger partial charge in [0.15, 0.2) is 0 Å². The van der Waals surface area contributed by atoms with Crippen molar-refractivity contribution in [2.45, 2.75) is 37.8 Å². The van der Waals surface area contributed by atoms with Crippen LogP contribution in [0.5, 0.6) is 0 Å². The molecule has 2 aliphatic rings. The summed E-state index contributed by atoms with van der Waals surface area (Å²) in [7, 11) is 0. The molecule has 0 aliphatic carbocycles. The molecule has 1 aromatic rings. The van der Waals surface area contributed by atoms with Gasteiger partial charge in [-0.1, -0.05) is 12.1 Å². The first kappa shape index (κ1) is 12.0. The van der Waals surface area contributed by atoms with E-state index in [0.717, 1.165) is 18.7 Å². The minimum Gasteiger partial charge on any atom is -0.394 e. The molecule has 2 aliphatic heterocycles. The maximum absolute atomic E-state index is 9.91. The first-order valence-electron chi connectivity index (χ1n) is 6.93.